The molecule has 0 saturated heterocycles. The Morgan fingerprint density at radius 2 is 2.16 bits per heavy atom. The van der Waals surface area contributed by atoms with Crippen LogP contribution in [0.1, 0.15) is 16.9 Å². The zero-order valence-corrected chi connectivity index (χ0v) is 12.3. The van der Waals surface area contributed by atoms with Gasteiger partial charge in [-0.2, -0.15) is 0 Å². The van der Waals surface area contributed by atoms with E-state index in [9.17, 15) is 0 Å². The van der Waals surface area contributed by atoms with Crippen molar-refractivity contribution in [3.8, 4) is 5.75 Å². The Bertz CT molecular complexity index is 518. The highest BCUT2D eigenvalue weighted by Crippen LogP contribution is 2.19. The zero-order valence-electron chi connectivity index (χ0n) is 10.7. The third-order valence-electron chi connectivity index (χ3n) is 2.43. The van der Waals surface area contributed by atoms with Gasteiger partial charge >= 0.3 is 0 Å². The topological polar surface area (TPSA) is 47.0 Å². The average molecular weight is 298 g/mol. The SMILES string of the molecule is CCNCCc1nnc(COc2cccc(Cl)c2)s1. The lowest BCUT2D eigenvalue weighted by Gasteiger charge is -2.03. The lowest BCUT2D eigenvalue weighted by molar-refractivity contribution is 0.304. The Balaban J connectivity index is 1.83. The molecule has 0 aliphatic rings. The summed E-state index contributed by atoms with van der Waals surface area (Å²) in [5.41, 5.74) is 0. The number of halogens is 1. The monoisotopic (exact) mass is 297 g/mol. The van der Waals surface area contributed by atoms with E-state index in [1.54, 1.807) is 17.4 Å². The average Bonchev–Trinajstić information content (AvgIpc) is 2.85. The Morgan fingerprint density at radius 1 is 1.32 bits per heavy atom. The third-order valence-corrected chi connectivity index (χ3v) is 3.62. The van der Waals surface area contributed by atoms with Crippen molar-refractivity contribution in [2.75, 3.05) is 13.1 Å². The lowest BCUT2D eigenvalue weighted by Crippen LogP contribution is -2.15. The molecule has 4 nitrogen and oxygen atoms in total. The van der Waals surface area contributed by atoms with Crippen LogP contribution in [0.5, 0.6) is 5.75 Å². The predicted molar refractivity (Wildman–Crippen MR) is 77.9 cm³/mol. The Morgan fingerprint density at radius 3 is 2.95 bits per heavy atom. The summed E-state index contributed by atoms with van der Waals surface area (Å²) in [7, 11) is 0. The molecule has 0 spiro atoms. The molecule has 0 radical (unpaired) electrons. The predicted octanol–water partition coefficient (Wildman–Crippen LogP) is 2.92. The Hall–Kier alpha value is -1.17. The molecule has 1 heterocycles. The molecule has 2 aromatic rings. The normalized spacial score (nSPS) is 10.6. The molecule has 0 saturated carbocycles. The molecular weight excluding hydrogens is 282 g/mol. The summed E-state index contributed by atoms with van der Waals surface area (Å²) in [5, 5.41) is 14.1. The van der Waals surface area contributed by atoms with Gasteiger partial charge in [-0.1, -0.05) is 35.9 Å². The summed E-state index contributed by atoms with van der Waals surface area (Å²) in [6.07, 6.45) is 0.905. The number of ether oxygens (including phenoxy) is 1. The van der Waals surface area contributed by atoms with Gasteiger partial charge in [-0.25, -0.2) is 0 Å². The quantitative estimate of drug-likeness (QED) is 0.798. The zero-order chi connectivity index (χ0) is 13.5. The first kappa shape index (κ1) is 14.2. The maximum atomic E-state index is 5.89. The number of hydrogen-bond acceptors (Lipinski definition) is 5. The molecule has 0 atom stereocenters. The van der Waals surface area contributed by atoms with E-state index in [0.29, 0.717) is 11.6 Å². The summed E-state index contributed by atoms with van der Waals surface area (Å²) in [5.74, 6) is 0.747. The largest absolute Gasteiger partial charge is 0.486 e. The van der Waals surface area contributed by atoms with Gasteiger partial charge in [-0.3, -0.25) is 0 Å². The van der Waals surface area contributed by atoms with Gasteiger partial charge in [-0.05, 0) is 24.7 Å². The van der Waals surface area contributed by atoms with Crippen molar-refractivity contribution in [2.24, 2.45) is 0 Å². The van der Waals surface area contributed by atoms with Crippen LogP contribution in [0.4, 0.5) is 0 Å². The highest BCUT2D eigenvalue weighted by atomic mass is 35.5. The van der Waals surface area contributed by atoms with E-state index >= 15 is 0 Å². The fraction of sp³-hybridized carbons (Fsp3) is 0.385. The van der Waals surface area contributed by atoms with Crippen molar-refractivity contribution >= 4 is 22.9 Å². The molecule has 2 rings (SSSR count). The number of rotatable bonds is 7. The maximum Gasteiger partial charge on any atom is 0.155 e. The number of aromatic nitrogens is 2. The van der Waals surface area contributed by atoms with Crippen LogP contribution >= 0.6 is 22.9 Å². The van der Waals surface area contributed by atoms with E-state index in [2.05, 4.69) is 22.4 Å². The summed E-state index contributed by atoms with van der Waals surface area (Å²) >= 11 is 7.48. The van der Waals surface area contributed by atoms with E-state index in [4.69, 9.17) is 16.3 Å². The smallest absolute Gasteiger partial charge is 0.155 e. The summed E-state index contributed by atoms with van der Waals surface area (Å²) in [6.45, 7) is 4.42. The second-order valence-electron chi connectivity index (χ2n) is 3.94. The van der Waals surface area contributed by atoms with E-state index in [1.165, 1.54) is 0 Å². The number of nitrogens with one attached hydrogen (secondary N) is 1. The van der Waals surface area contributed by atoms with Crippen molar-refractivity contribution in [2.45, 2.75) is 20.0 Å². The van der Waals surface area contributed by atoms with Gasteiger partial charge in [0.1, 0.15) is 17.4 Å². The molecule has 1 N–H and O–H groups in total. The fourth-order valence-electron chi connectivity index (χ4n) is 1.52. The van der Waals surface area contributed by atoms with Gasteiger partial charge < -0.3 is 10.1 Å². The second-order valence-corrected chi connectivity index (χ2v) is 5.52. The van der Waals surface area contributed by atoms with Crippen LogP contribution in [0.2, 0.25) is 5.02 Å². The molecule has 0 aliphatic heterocycles. The lowest BCUT2D eigenvalue weighted by atomic mass is 10.3. The third kappa shape index (κ3) is 4.78. The molecular formula is C13H16ClN3OS. The number of benzene rings is 1. The van der Waals surface area contributed by atoms with Crippen LogP contribution in [0, 0.1) is 0 Å². The van der Waals surface area contributed by atoms with Crippen LogP contribution < -0.4 is 10.1 Å². The molecule has 0 aliphatic carbocycles. The van der Waals surface area contributed by atoms with Gasteiger partial charge in [0.05, 0.1) is 0 Å². The number of likely N-dealkylation sites (N-methyl/N-ethyl adjacent to an activating group) is 1. The van der Waals surface area contributed by atoms with Crippen molar-refractivity contribution in [1.82, 2.24) is 15.5 Å². The summed E-state index contributed by atoms with van der Waals surface area (Å²) < 4.78 is 5.62. The minimum Gasteiger partial charge on any atom is -0.486 e. The van der Waals surface area contributed by atoms with Crippen LogP contribution in [0.15, 0.2) is 24.3 Å². The van der Waals surface area contributed by atoms with E-state index in [1.807, 2.05) is 18.2 Å². The number of hydrogen-bond donors (Lipinski definition) is 1. The van der Waals surface area contributed by atoms with Gasteiger partial charge in [0.25, 0.3) is 0 Å². The van der Waals surface area contributed by atoms with Crippen molar-refractivity contribution in [3.05, 3.63) is 39.3 Å². The van der Waals surface area contributed by atoms with E-state index < -0.39 is 0 Å². The summed E-state index contributed by atoms with van der Waals surface area (Å²) in [6, 6.07) is 7.34. The standard InChI is InChI=1S/C13H16ClN3OS/c1-2-15-7-6-12-16-17-13(19-12)9-18-11-5-3-4-10(14)8-11/h3-5,8,15H,2,6-7,9H2,1H3. The number of nitrogens with zero attached hydrogens (tertiary/aromatic N) is 2. The minimum atomic E-state index is 0.430. The second kappa shape index (κ2) is 7.43. The molecule has 102 valence electrons. The van der Waals surface area contributed by atoms with E-state index in [0.717, 1.165) is 35.3 Å². The molecule has 0 fully saturated rings. The Kier molecular flexibility index (Phi) is 5.57. The minimum absolute atomic E-state index is 0.430. The van der Waals surface area contributed by atoms with E-state index in [-0.39, 0.29) is 0 Å². The van der Waals surface area contributed by atoms with Crippen LogP contribution in [-0.2, 0) is 13.0 Å². The van der Waals surface area contributed by atoms with Crippen molar-refractivity contribution < 1.29 is 4.74 Å². The molecule has 6 heteroatoms. The first-order chi connectivity index (χ1) is 9.28. The Labute approximate surface area is 121 Å². The molecule has 1 aromatic heterocycles. The first-order valence-electron chi connectivity index (χ1n) is 6.18. The molecule has 1 aromatic carbocycles. The van der Waals surface area contributed by atoms with Gasteiger partial charge in [-0.15, -0.1) is 10.2 Å². The summed E-state index contributed by atoms with van der Waals surface area (Å²) in [4.78, 5) is 0. The van der Waals surface area contributed by atoms with Gasteiger partial charge in [0.2, 0.25) is 0 Å². The maximum absolute atomic E-state index is 5.89. The first-order valence-corrected chi connectivity index (χ1v) is 7.37. The molecule has 0 amide bonds. The highest BCUT2D eigenvalue weighted by molar-refractivity contribution is 7.11. The van der Waals surface area contributed by atoms with Crippen LogP contribution in [0.25, 0.3) is 0 Å². The molecule has 0 unspecified atom stereocenters. The van der Waals surface area contributed by atoms with Crippen LogP contribution in [-0.4, -0.2) is 23.3 Å². The molecule has 0 bridgehead atoms. The van der Waals surface area contributed by atoms with Gasteiger partial charge in [0, 0.05) is 18.0 Å². The highest BCUT2D eigenvalue weighted by Gasteiger charge is 2.05. The molecule has 19 heavy (non-hydrogen) atoms. The fourth-order valence-corrected chi connectivity index (χ4v) is 2.46. The van der Waals surface area contributed by atoms with Crippen LogP contribution in [0.3, 0.4) is 0 Å². The van der Waals surface area contributed by atoms with Crippen molar-refractivity contribution in [1.29, 1.82) is 0 Å². The van der Waals surface area contributed by atoms with Crippen molar-refractivity contribution in [3.63, 3.8) is 0 Å². The van der Waals surface area contributed by atoms with Gasteiger partial charge in [0.15, 0.2) is 5.01 Å².